The van der Waals surface area contributed by atoms with Crippen molar-refractivity contribution < 1.29 is 4.74 Å². The van der Waals surface area contributed by atoms with E-state index < -0.39 is 0 Å². The summed E-state index contributed by atoms with van der Waals surface area (Å²) >= 11 is 3.43. The Kier molecular flexibility index (Phi) is 9.17. The van der Waals surface area contributed by atoms with Gasteiger partial charge in [-0.2, -0.15) is 0 Å². The Morgan fingerprint density at radius 1 is 1.06 bits per heavy atom. The van der Waals surface area contributed by atoms with Crippen LogP contribution in [0.1, 0.15) is 38.2 Å². The number of nitrogens with one attached hydrogen (secondary N) is 1. The summed E-state index contributed by atoms with van der Waals surface area (Å²) in [6, 6.07) is 8.30. The average Bonchev–Trinajstić information content (AvgIpc) is 2.39. The van der Waals surface area contributed by atoms with E-state index in [-0.39, 0.29) is 0 Å². The Bertz CT molecular complexity index is 300. The number of benzene rings is 1. The molecule has 2 nitrogen and oxygen atoms in total. The topological polar surface area (TPSA) is 21.3 Å². The standard InChI is InChI=1S/C15H24BrNO/c1-2-10-17-11-4-3-5-12-18-13-14-6-8-15(16)9-7-14/h6-9,17H,2-5,10-13H2,1H3. The highest BCUT2D eigenvalue weighted by Gasteiger charge is 1.94. The first-order valence-electron chi connectivity index (χ1n) is 6.86. The zero-order chi connectivity index (χ0) is 13.1. The number of rotatable bonds is 10. The van der Waals surface area contributed by atoms with Crippen LogP contribution >= 0.6 is 15.9 Å². The Hall–Kier alpha value is -0.380. The number of hydrogen-bond donors (Lipinski definition) is 1. The second-order valence-electron chi connectivity index (χ2n) is 4.49. The Balaban J connectivity index is 1.91. The molecule has 0 heterocycles. The van der Waals surface area contributed by atoms with E-state index in [1.54, 1.807) is 0 Å². The summed E-state index contributed by atoms with van der Waals surface area (Å²) in [5.41, 5.74) is 1.24. The lowest BCUT2D eigenvalue weighted by molar-refractivity contribution is 0.117. The maximum atomic E-state index is 5.65. The summed E-state index contributed by atoms with van der Waals surface area (Å²) in [6.45, 7) is 6.06. The molecular weight excluding hydrogens is 290 g/mol. The van der Waals surface area contributed by atoms with Crippen molar-refractivity contribution in [2.75, 3.05) is 19.7 Å². The lowest BCUT2D eigenvalue weighted by atomic mass is 10.2. The number of halogens is 1. The van der Waals surface area contributed by atoms with E-state index in [0.717, 1.165) is 37.2 Å². The van der Waals surface area contributed by atoms with Gasteiger partial charge in [0.2, 0.25) is 0 Å². The van der Waals surface area contributed by atoms with Crippen LogP contribution < -0.4 is 5.32 Å². The molecule has 0 aliphatic carbocycles. The molecule has 18 heavy (non-hydrogen) atoms. The van der Waals surface area contributed by atoms with Gasteiger partial charge < -0.3 is 10.1 Å². The van der Waals surface area contributed by atoms with Crippen molar-refractivity contribution in [3.8, 4) is 0 Å². The van der Waals surface area contributed by atoms with Crippen LogP contribution in [0, 0.1) is 0 Å². The van der Waals surface area contributed by atoms with Gasteiger partial charge in [0.1, 0.15) is 0 Å². The molecule has 0 aliphatic rings. The van der Waals surface area contributed by atoms with Gasteiger partial charge in [-0.1, -0.05) is 35.0 Å². The van der Waals surface area contributed by atoms with Gasteiger partial charge in [-0.05, 0) is 56.5 Å². The zero-order valence-electron chi connectivity index (χ0n) is 11.3. The molecule has 0 aromatic heterocycles. The first-order chi connectivity index (χ1) is 8.83. The van der Waals surface area contributed by atoms with Gasteiger partial charge >= 0.3 is 0 Å². The lowest BCUT2D eigenvalue weighted by Crippen LogP contribution is -2.15. The fraction of sp³-hybridized carbons (Fsp3) is 0.600. The minimum absolute atomic E-state index is 0.724. The zero-order valence-corrected chi connectivity index (χ0v) is 12.8. The maximum absolute atomic E-state index is 5.65. The third-order valence-corrected chi connectivity index (χ3v) is 3.28. The summed E-state index contributed by atoms with van der Waals surface area (Å²) in [4.78, 5) is 0. The first-order valence-corrected chi connectivity index (χ1v) is 7.65. The summed E-state index contributed by atoms with van der Waals surface area (Å²) < 4.78 is 6.77. The van der Waals surface area contributed by atoms with Crippen molar-refractivity contribution >= 4 is 15.9 Å². The molecule has 0 atom stereocenters. The molecule has 0 saturated carbocycles. The molecule has 1 aromatic rings. The van der Waals surface area contributed by atoms with Crippen LogP contribution in [0.15, 0.2) is 28.7 Å². The van der Waals surface area contributed by atoms with Gasteiger partial charge in [0.15, 0.2) is 0 Å². The van der Waals surface area contributed by atoms with Crippen molar-refractivity contribution in [3.63, 3.8) is 0 Å². The minimum atomic E-state index is 0.724. The Labute approximate surface area is 119 Å². The highest BCUT2D eigenvalue weighted by molar-refractivity contribution is 9.10. The smallest absolute Gasteiger partial charge is 0.0716 e. The average molecular weight is 314 g/mol. The van der Waals surface area contributed by atoms with Crippen LogP contribution in [0.2, 0.25) is 0 Å². The van der Waals surface area contributed by atoms with Crippen molar-refractivity contribution in [1.29, 1.82) is 0 Å². The molecule has 3 heteroatoms. The van der Waals surface area contributed by atoms with Crippen molar-refractivity contribution in [1.82, 2.24) is 5.32 Å². The van der Waals surface area contributed by atoms with Crippen molar-refractivity contribution in [3.05, 3.63) is 34.3 Å². The van der Waals surface area contributed by atoms with Crippen LogP contribution in [0.25, 0.3) is 0 Å². The van der Waals surface area contributed by atoms with Crippen LogP contribution in [-0.4, -0.2) is 19.7 Å². The molecule has 1 aromatic carbocycles. The largest absolute Gasteiger partial charge is 0.377 e. The second-order valence-corrected chi connectivity index (χ2v) is 5.41. The van der Waals surface area contributed by atoms with Crippen LogP contribution in [0.3, 0.4) is 0 Å². The first kappa shape index (κ1) is 15.7. The SMILES string of the molecule is CCCNCCCCCOCc1ccc(Br)cc1. The summed E-state index contributed by atoms with van der Waals surface area (Å²) in [6.07, 6.45) is 4.87. The molecule has 102 valence electrons. The molecule has 1 N–H and O–H groups in total. The van der Waals surface area contributed by atoms with Gasteiger partial charge in [0.05, 0.1) is 6.61 Å². The lowest BCUT2D eigenvalue weighted by Gasteiger charge is -2.05. The molecule has 0 spiro atoms. The Morgan fingerprint density at radius 3 is 2.56 bits per heavy atom. The van der Waals surface area contributed by atoms with E-state index in [1.165, 1.54) is 24.8 Å². The van der Waals surface area contributed by atoms with Gasteiger partial charge in [-0.25, -0.2) is 0 Å². The fourth-order valence-electron chi connectivity index (χ4n) is 1.70. The number of unbranched alkanes of at least 4 members (excludes halogenated alkanes) is 2. The van der Waals surface area contributed by atoms with E-state index in [2.05, 4.69) is 52.4 Å². The minimum Gasteiger partial charge on any atom is -0.377 e. The van der Waals surface area contributed by atoms with E-state index >= 15 is 0 Å². The normalized spacial score (nSPS) is 10.8. The molecule has 0 aliphatic heterocycles. The van der Waals surface area contributed by atoms with E-state index in [9.17, 15) is 0 Å². The van der Waals surface area contributed by atoms with E-state index in [0.29, 0.717) is 0 Å². The molecule has 0 radical (unpaired) electrons. The van der Waals surface area contributed by atoms with Crippen LogP contribution in [-0.2, 0) is 11.3 Å². The van der Waals surface area contributed by atoms with Crippen molar-refractivity contribution in [2.24, 2.45) is 0 Å². The highest BCUT2D eigenvalue weighted by atomic mass is 79.9. The Morgan fingerprint density at radius 2 is 1.83 bits per heavy atom. The highest BCUT2D eigenvalue weighted by Crippen LogP contribution is 2.11. The number of ether oxygens (including phenoxy) is 1. The van der Waals surface area contributed by atoms with Gasteiger partial charge in [0, 0.05) is 11.1 Å². The van der Waals surface area contributed by atoms with E-state index in [1.807, 2.05) is 0 Å². The number of hydrogen-bond acceptors (Lipinski definition) is 2. The monoisotopic (exact) mass is 313 g/mol. The quantitative estimate of drug-likeness (QED) is 0.656. The summed E-state index contributed by atoms with van der Waals surface area (Å²) in [7, 11) is 0. The molecule has 0 bridgehead atoms. The fourth-order valence-corrected chi connectivity index (χ4v) is 1.97. The maximum Gasteiger partial charge on any atom is 0.0716 e. The molecule has 0 unspecified atom stereocenters. The molecular formula is C15H24BrNO. The molecule has 1 rings (SSSR count). The van der Waals surface area contributed by atoms with Crippen LogP contribution in [0.4, 0.5) is 0 Å². The third-order valence-electron chi connectivity index (χ3n) is 2.75. The summed E-state index contributed by atoms with van der Waals surface area (Å²) in [5.74, 6) is 0. The van der Waals surface area contributed by atoms with Gasteiger partial charge in [-0.3, -0.25) is 0 Å². The molecule has 0 saturated heterocycles. The molecule has 0 amide bonds. The predicted molar refractivity (Wildman–Crippen MR) is 80.8 cm³/mol. The predicted octanol–water partition coefficient (Wildman–Crippen LogP) is 4.14. The van der Waals surface area contributed by atoms with Crippen LogP contribution in [0.5, 0.6) is 0 Å². The van der Waals surface area contributed by atoms with Crippen molar-refractivity contribution in [2.45, 2.75) is 39.2 Å². The van der Waals surface area contributed by atoms with Gasteiger partial charge in [-0.15, -0.1) is 0 Å². The van der Waals surface area contributed by atoms with E-state index in [4.69, 9.17) is 4.74 Å². The van der Waals surface area contributed by atoms with Gasteiger partial charge in [0.25, 0.3) is 0 Å². The summed E-state index contributed by atoms with van der Waals surface area (Å²) in [5, 5.41) is 3.41. The second kappa shape index (κ2) is 10.5. The third kappa shape index (κ3) is 7.85. The molecule has 0 fully saturated rings.